The molecule has 1 saturated heterocycles. The molecule has 40 heavy (non-hydrogen) atoms. The second-order valence-corrected chi connectivity index (χ2v) is 12.9. The molecule has 0 saturated carbocycles. The highest BCUT2D eigenvalue weighted by atomic mass is 32.2. The number of fused-ring (bicyclic) bond motifs is 1. The van der Waals surface area contributed by atoms with Crippen molar-refractivity contribution in [1.82, 2.24) is 9.21 Å². The van der Waals surface area contributed by atoms with E-state index in [1.54, 1.807) is 11.4 Å². The highest BCUT2D eigenvalue weighted by molar-refractivity contribution is 7.89. The molecule has 0 aliphatic carbocycles. The number of carbonyl (C=O) groups excluding carboxylic acids is 1. The monoisotopic (exact) mass is 574 g/mol. The first kappa shape index (κ1) is 30.1. The van der Waals surface area contributed by atoms with Crippen molar-refractivity contribution in [2.45, 2.75) is 46.1 Å². The molecule has 0 N–H and O–H groups in total. The first-order chi connectivity index (χ1) is 19.2. The lowest BCUT2D eigenvalue weighted by Crippen LogP contribution is -2.42. The van der Waals surface area contributed by atoms with E-state index >= 15 is 0 Å². The maximum absolute atomic E-state index is 13.6. The summed E-state index contributed by atoms with van der Waals surface area (Å²) in [6.45, 7) is 10.0. The fourth-order valence-corrected chi connectivity index (χ4v) is 7.40. The predicted octanol–water partition coefficient (Wildman–Crippen LogP) is 4.44. The number of hydrogen-bond donors (Lipinski definition) is 0. The van der Waals surface area contributed by atoms with Crippen LogP contribution in [-0.2, 0) is 19.6 Å². The van der Waals surface area contributed by atoms with Gasteiger partial charge in [0.25, 0.3) is 0 Å². The Balaban J connectivity index is 1.72. The molecular weight excluding hydrogens is 532 g/mol. The fraction of sp³-hybridized carbons (Fsp3) is 0.567. The molecule has 2 aromatic rings. The molecule has 0 radical (unpaired) electrons. The second-order valence-electron chi connectivity index (χ2n) is 10.8. The minimum Gasteiger partial charge on any atom is -0.497 e. The van der Waals surface area contributed by atoms with Crippen molar-refractivity contribution in [3.05, 3.63) is 53.6 Å². The van der Waals surface area contributed by atoms with Crippen molar-refractivity contribution in [2.75, 3.05) is 52.4 Å². The highest BCUT2D eigenvalue weighted by Gasteiger charge is 2.48. The number of ether oxygens (including phenoxy) is 4. The van der Waals surface area contributed by atoms with Crippen LogP contribution in [0.25, 0.3) is 0 Å². The fourth-order valence-electron chi connectivity index (χ4n) is 5.74. The van der Waals surface area contributed by atoms with E-state index in [0.29, 0.717) is 44.1 Å². The first-order valence-electron chi connectivity index (χ1n) is 14.1. The van der Waals surface area contributed by atoms with Crippen molar-refractivity contribution in [1.29, 1.82) is 0 Å². The summed E-state index contributed by atoms with van der Waals surface area (Å²) in [5, 5.41) is 0. The number of methoxy groups -OCH3 is 1. The third-order valence-corrected chi connectivity index (χ3v) is 9.54. The van der Waals surface area contributed by atoms with E-state index in [1.165, 1.54) is 0 Å². The maximum atomic E-state index is 13.6. The van der Waals surface area contributed by atoms with Gasteiger partial charge in [0.1, 0.15) is 5.75 Å². The van der Waals surface area contributed by atoms with Gasteiger partial charge in [0.15, 0.2) is 11.5 Å². The van der Waals surface area contributed by atoms with E-state index < -0.39 is 15.9 Å². The number of esters is 1. The number of rotatable bonds is 13. The zero-order valence-corrected chi connectivity index (χ0v) is 25.0. The van der Waals surface area contributed by atoms with Gasteiger partial charge in [-0.25, -0.2) is 12.7 Å². The van der Waals surface area contributed by atoms with E-state index in [2.05, 4.69) is 4.90 Å². The average Bonchev–Trinajstić information content (AvgIpc) is 3.55. The Bertz CT molecular complexity index is 1250. The summed E-state index contributed by atoms with van der Waals surface area (Å²) in [5.41, 5.74) is 1.91. The molecular formula is C30H42N2O7S. The van der Waals surface area contributed by atoms with Crippen molar-refractivity contribution in [3.63, 3.8) is 0 Å². The van der Waals surface area contributed by atoms with Crippen molar-refractivity contribution < 1.29 is 32.2 Å². The highest BCUT2D eigenvalue weighted by Crippen LogP contribution is 2.48. The Hall–Kier alpha value is -2.82. The molecule has 0 amide bonds. The van der Waals surface area contributed by atoms with Gasteiger partial charge in [0.2, 0.25) is 16.8 Å². The number of sulfonamides is 1. The van der Waals surface area contributed by atoms with Crippen LogP contribution in [0.3, 0.4) is 0 Å². The van der Waals surface area contributed by atoms with Crippen LogP contribution in [0.2, 0.25) is 0 Å². The van der Waals surface area contributed by atoms with Crippen LogP contribution < -0.4 is 14.2 Å². The number of hydrogen-bond acceptors (Lipinski definition) is 8. The summed E-state index contributed by atoms with van der Waals surface area (Å²) in [5.74, 6) is 1.42. The average molecular weight is 575 g/mol. The first-order valence-corrected chi connectivity index (χ1v) is 15.7. The predicted molar refractivity (Wildman–Crippen MR) is 153 cm³/mol. The van der Waals surface area contributed by atoms with Gasteiger partial charge in [0, 0.05) is 38.1 Å². The van der Waals surface area contributed by atoms with E-state index in [0.717, 1.165) is 16.9 Å². The van der Waals surface area contributed by atoms with E-state index in [9.17, 15) is 13.2 Å². The van der Waals surface area contributed by atoms with Crippen LogP contribution in [0.4, 0.5) is 0 Å². The van der Waals surface area contributed by atoms with Crippen molar-refractivity contribution >= 4 is 16.0 Å². The molecule has 3 atom stereocenters. The van der Waals surface area contributed by atoms with Gasteiger partial charge < -0.3 is 18.9 Å². The zero-order chi connectivity index (χ0) is 28.9. The lowest BCUT2D eigenvalue weighted by atomic mass is 9.82. The third-order valence-electron chi connectivity index (χ3n) is 7.50. The van der Waals surface area contributed by atoms with E-state index in [4.69, 9.17) is 18.9 Å². The summed E-state index contributed by atoms with van der Waals surface area (Å²) in [6, 6.07) is 13.2. The van der Waals surface area contributed by atoms with Crippen molar-refractivity contribution in [3.8, 4) is 17.2 Å². The Morgan fingerprint density at radius 1 is 1.07 bits per heavy atom. The number of nitrogens with zero attached hydrogens (tertiary/aromatic N) is 2. The largest absolute Gasteiger partial charge is 0.497 e. The molecule has 0 bridgehead atoms. The Kier molecular flexibility index (Phi) is 9.97. The summed E-state index contributed by atoms with van der Waals surface area (Å²) in [4.78, 5) is 15.8. The molecule has 2 heterocycles. The molecule has 0 spiro atoms. The smallest absolute Gasteiger partial charge is 0.311 e. The minimum atomic E-state index is -3.39. The zero-order valence-electron chi connectivity index (χ0n) is 24.2. The van der Waals surface area contributed by atoms with Gasteiger partial charge in [0.05, 0.1) is 25.4 Å². The lowest BCUT2D eigenvalue weighted by Gasteiger charge is -2.31. The Labute approximate surface area is 238 Å². The molecule has 1 fully saturated rings. The molecule has 2 aliphatic rings. The summed E-state index contributed by atoms with van der Waals surface area (Å²) >= 11 is 0. The lowest BCUT2D eigenvalue weighted by molar-refractivity contribution is -0.149. The molecule has 4 rings (SSSR count). The van der Waals surface area contributed by atoms with Gasteiger partial charge in [-0.15, -0.1) is 0 Å². The molecule has 0 aromatic heterocycles. The molecule has 9 nitrogen and oxygen atoms in total. The normalized spacial score (nSPS) is 20.8. The quantitative estimate of drug-likeness (QED) is 0.324. The summed E-state index contributed by atoms with van der Waals surface area (Å²) in [7, 11) is -1.77. The Morgan fingerprint density at radius 2 is 1.77 bits per heavy atom. The van der Waals surface area contributed by atoms with Gasteiger partial charge in [-0.05, 0) is 54.7 Å². The van der Waals surface area contributed by atoms with E-state index in [-0.39, 0.29) is 43.0 Å². The number of likely N-dealkylation sites (tertiary alicyclic amines) is 1. The molecule has 2 aliphatic heterocycles. The van der Waals surface area contributed by atoms with Gasteiger partial charge in [-0.3, -0.25) is 9.69 Å². The van der Waals surface area contributed by atoms with Crippen LogP contribution in [-0.4, -0.2) is 76.0 Å². The van der Waals surface area contributed by atoms with Gasteiger partial charge in [-0.2, -0.15) is 0 Å². The van der Waals surface area contributed by atoms with Gasteiger partial charge in [-0.1, -0.05) is 39.0 Å². The summed E-state index contributed by atoms with van der Waals surface area (Å²) in [6.07, 6.45) is 0.562. The second kappa shape index (κ2) is 13.2. The molecule has 220 valence electrons. The van der Waals surface area contributed by atoms with Crippen LogP contribution >= 0.6 is 0 Å². The van der Waals surface area contributed by atoms with Crippen LogP contribution in [0.5, 0.6) is 17.2 Å². The van der Waals surface area contributed by atoms with Gasteiger partial charge >= 0.3 is 5.97 Å². The van der Waals surface area contributed by atoms with Crippen LogP contribution in [0.1, 0.15) is 57.2 Å². The summed E-state index contributed by atoms with van der Waals surface area (Å²) < 4.78 is 50.0. The van der Waals surface area contributed by atoms with Crippen molar-refractivity contribution in [2.24, 2.45) is 11.8 Å². The number of benzene rings is 2. The van der Waals surface area contributed by atoms with Crippen LogP contribution in [0, 0.1) is 11.8 Å². The molecule has 2 aromatic carbocycles. The van der Waals surface area contributed by atoms with Crippen LogP contribution in [0.15, 0.2) is 42.5 Å². The topological polar surface area (TPSA) is 94.6 Å². The standard InChI is InChI=1S/C30H42N2O7S/c1-6-16-40(34,35)32(18-21(3)4)15-14-31-19-25(23-10-13-26-27(17-23)39-20-38-26)28(30(33)37-7-2)29(31)22-8-11-24(36-5)12-9-22/h8-13,17,21,25,28-29H,6-7,14-16,18-20H2,1-5H3/t25-,28-,29+/m1/s1. The van der Waals surface area contributed by atoms with E-state index in [1.807, 2.05) is 70.2 Å². The molecule has 0 unspecified atom stereocenters. The number of carbonyl (C=O) groups is 1. The third kappa shape index (κ3) is 6.72. The maximum Gasteiger partial charge on any atom is 0.311 e. The minimum absolute atomic E-state index is 0.118. The molecule has 10 heteroatoms. The Morgan fingerprint density at radius 3 is 2.42 bits per heavy atom. The SMILES string of the molecule is CCCS(=O)(=O)N(CCN1C[C@H](c2ccc3c(c2)OCO3)[C@@H](C(=O)OCC)[C@@H]1c1ccc(OC)cc1)CC(C)C.